The van der Waals surface area contributed by atoms with Crippen LogP contribution in [0.5, 0.6) is 0 Å². The average molecular weight is 336 g/mol. The number of carbonyl (C=O) groups excluding carboxylic acids is 1. The zero-order valence-electron chi connectivity index (χ0n) is 11.1. The molecule has 106 valence electrons. The quantitative estimate of drug-likeness (QED) is 0.639. The summed E-state index contributed by atoms with van der Waals surface area (Å²) in [6.07, 6.45) is 1.98. The van der Waals surface area contributed by atoms with E-state index in [9.17, 15) is 4.79 Å². The SMILES string of the molecule is CC1=Cc2ccc(Cl)cc2SN1C(=O)c1ccc(Cl)cc1. The fourth-order valence-electron chi connectivity index (χ4n) is 2.07. The van der Waals surface area contributed by atoms with Crippen LogP contribution in [-0.2, 0) is 0 Å². The average Bonchev–Trinajstić information content (AvgIpc) is 2.47. The number of hydrogen-bond acceptors (Lipinski definition) is 2. The fourth-order valence-corrected chi connectivity index (χ4v) is 3.43. The van der Waals surface area contributed by atoms with Crippen molar-refractivity contribution in [2.45, 2.75) is 11.8 Å². The van der Waals surface area contributed by atoms with Gasteiger partial charge in [-0.3, -0.25) is 4.79 Å². The Morgan fingerprint density at radius 2 is 1.71 bits per heavy atom. The molecule has 0 aliphatic carbocycles. The number of allylic oxidation sites excluding steroid dienone is 1. The van der Waals surface area contributed by atoms with E-state index < -0.39 is 0 Å². The molecule has 2 aromatic rings. The Morgan fingerprint density at radius 3 is 2.43 bits per heavy atom. The monoisotopic (exact) mass is 335 g/mol. The zero-order valence-corrected chi connectivity index (χ0v) is 13.5. The van der Waals surface area contributed by atoms with Crippen LogP contribution in [0.1, 0.15) is 22.8 Å². The van der Waals surface area contributed by atoms with E-state index in [-0.39, 0.29) is 5.91 Å². The fraction of sp³-hybridized carbons (Fsp3) is 0.0625. The lowest BCUT2D eigenvalue weighted by Gasteiger charge is -2.27. The number of fused-ring (bicyclic) bond motifs is 1. The van der Waals surface area contributed by atoms with Crippen LogP contribution in [0.3, 0.4) is 0 Å². The molecule has 3 rings (SSSR count). The molecule has 1 amide bonds. The lowest BCUT2D eigenvalue weighted by atomic mass is 10.1. The van der Waals surface area contributed by atoms with Crippen LogP contribution in [0, 0.1) is 0 Å². The van der Waals surface area contributed by atoms with E-state index in [2.05, 4.69) is 0 Å². The number of hydrogen-bond donors (Lipinski definition) is 0. The highest BCUT2D eigenvalue weighted by atomic mass is 35.5. The molecule has 1 aliphatic rings. The summed E-state index contributed by atoms with van der Waals surface area (Å²) in [5.41, 5.74) is 2.56. The molecule has 5 heteroatoms. The van der Waals surface area contributed by atoms with Gasteiger partial charge in [0.1, 0.15) is 0 Å². The second kappa shape index (κ2) is 5.76. The lowest BCUT2D eigenvalue weighted by molar-refractivity contribution is 0.0898. The predicted octanol–water partition coefficient (Wildman–Crippen LogP) is 5.52. The molecule has 0 spiro atoms. The van der Waals surface area contributed by atoms with Gasteiger partial charge in [0.15, 0.2) is 0 Å². The number of rotatable bonds is 1. The van der Waals surface area contributed by atoms with E-state index >= 15 is 0 Å². The van der Waals surface area contributed by atoms with Gasteiger partial charge in [0.05, 0.1) is 0 Å². The van der Waals surface area contributed by atoms with Gasteiger partial charge in [0.2, 0.25) is 0 Å². The van der Waals surface area contributed by atoms with Crippen LogP contribution in [0.2, 0.25) is 10.0 Å². The highest BCUT2D eigenvalue weighted by Gasteiger charge is 2.23. The van der Waals surface area contributed by atoms with Gasteiger partial charge in [0, 0.05) is 26.2 Å². The minimum absolute atomic E-state index is 0.0731. The first-order valence-electron chi connectivity index (χ1n) is 6.30. The molecule has 0 bridgehead atoms. The van der Waals surface area contributed by atoms with E-state index in [0.29, 0.717) is 15.6 Å². The number of halogens is 2. The van der Waals surface area contributed by atoms with Gasteiger partial charge in [0.25, 0.3) is 5.91 Å². The smallest absolute Gasteiger partial charge is 0.268 e. The highest BCUT2D eigenvalue weighted by molar-refractivity contribution is 7.97. The Labute approximate surface area is 137 Å². The maximum atomic E-state index is 12.6. The zero-order chi connectivity index (χ0) is 15.0. The molecule has 0 radical (unpaired) electrons. The second-order valence-corrected chi connectivity index (χ2v) is 6.53. The van der Waals surface area contributed by atoms with E-state index in [4.69, 9.17) is 23.2 Å². The first-order chi connectivity index (χ1) is 10.0. The van der Waals surface area contributed by atoms with Gasteiger partial charge >= 0.3 is 0 Å². The van der Waals surface area contributed by atoms with Gasteiger partial charge in [-0.25, -0.2) is 4.31 Å². The van der Waals surface area contributed by atoms with Crippen molar-refractivity contribution in [3.05, 3.63) is 69.3 Å². The molecule has 0 unspecified atom stereocenters. The Hall–Kier alpha value is -1.42. The van der Waals surface area contributed by atoms with Crippen LogP contribution < -0.4 is 0 Å². The van der Waals surface area contributed by atoms with Crippen LogP contribution in [0.15, 0.2) is 53.1 Å². The first kappa shape index (κ1) is 14.5. The Balaban J connectivity index is 1.94. The molecule has 1 aliphatic heterocycles. The van der Waals surface area contributed by atoms with Crippen LogP contribution in [-0.4, -0.2) is 10.2 Å². The molecule has 0 N–H and O–H groups in total. The van der Waals surface area contributed by atoms with Crippen molar-refractivity contribution < 1.29 is 4.79 Å². The van der Waals surface area contributed by atoms with Gasteiger partial charge in [-0.1, -0.05) is 29.3 Å². The molecule has 21 heavy (non-hydrogen) atoms. The van der Waals surface area contributed by atoms with Crippen molar-refractivity contribution in [2.24, 2.45) is 0 Å². The lowest BCUT2D eigenvalue weighted by Crippen LogP contribution is -2.24. The van der Waals surface area contributed by atoms with Crippen LogP contribution in [0.4, 0.5) is 0 Å². The summed E-state index contributed by atoms with van der Waals surface area (Å²) < 4.78 is 1.67. The molecule has 0 aromatic heterocycles. The third-order valence-corrected chi connectivity index (χ3v) is 4.80. The van der Waals surface area contributed by atoms with Crippen LogP contribution in [0.25, 0.3) is 6.08 Å². The molecular formula is C16H11Cl2NOS. The summed E-state index contributed by atoms with van der Waals surface area (Å²) in [4.78, 5) is 13.6. The minimum Gasteiger partial charge on any atom is -0.268 e. The normalized spacial score (nSPS) is 13.7. The Morgan fingerprint density at radius 1 is 1.05 bits per heavy atom. The van der Waals surface area contributed by atoms with Gasteiger partial charge in [-0.2, -0.15) is 0 Å². The standard InChI is InChI=1S/C16H11Cl2NOS/c1-10-8-12-4-7-14(18)9-15(12)21-19(10)16(20)11-2-5-13(17)6-3-11/h2-9H,1H3. The summed E-state index contributed by atoms with van der Waals surface area (Å²) in [5.74, 6) is -0.0731. The number of amides is 1. The molecule has 1 heterocycles. The van der Waals surface area contributed by atoms with E-state index in [1.807, 2.05) is 31.2 Å². The third-order valence-electron chi connectivity index (χ3n) is 3.13. The van der Waals surface area contributed by atoms with Crippen molar-refractivity contribution in [3.8, 4) is 0 Å². The highest BCUT2D eigenvalue weighted by Crippen LogP contribution is 2.38. The summed E-state index contributed by atoms with van der Waals surface area (Å²) in [5, 5.41) is 1.27. The summed E-state index contributed by atoms with van der Waals surface area (Å²) >= 11 is 13.3. The predicted molar refractivity (Wildman–Crippen MR) is 88.6 cm³/mol. The largest absolute Gasteiger partial charge is 0.268 e. The van der Waals surface area contributed by atoms with Gasteiger partial charge in [-0.15, -0.1) is 0 Å². The molecule has 0 atom stereocenters. The van der Waals surface area contributed by atoms with Gasteiger partial charge < -0.3 is 0 Å². The molecule has 0 saturated heterocycles. The van der Waals surface area contributed by atoms with E-state index in [1.54, 1.807) is 28.6 Å². The van der Waals surface area contributed by atoms with Crippen LogP contribution >= 0.6 is 35.1 Å². The number of carbonyl (C=O) groups is 1. The minimum atomic E-state index is -0.0731. The number of benzene rings is 2. The summed E-state index contributed by atoms with van der Waals surface area (Å²) in [6, 6.07) is 12.6. The van der Waals surface area contributed by atoms with E-state index in [1.165, 1.54) is 11.9 Å². The molecule has 0 fully saturated rings. The third kappa shape index (κ3) is 2.95. The van der Waals surface area contributed by atoms with Crippen molar-refractivity contribution in [1.82, 2.24) is 4.31 Å². The Kier molecular flexibility index (Phi) is 3.98. The second-order valence-electron chi connectivity index (χ2n) is 4.67. The van der Waals surface area contributed by atoms with Crippen molar-refractivity contribution >= 4 is 47.1 Å². The topological polar surface area (TPSA) is 20.3 Å². The molecule has 0 saturated carbocycles. The van der Waals surface area contributed by atoms with Crippen molar-refractivity contribution in [2.75, 3.05) is 0 Å². The molecule has 2 nitrogen and oxygen atoms in total. The summed E-state index contributed by atoms with van der Waals surface area (Å²) in [7, 11) is 0. The first-order valence-corrected chi connectivity index (χ1v) is 7.83. The van der Waals surface area contributed by atoms with E-state index in [0.717, 1.165) is 16.2 Å². The summed E-state index contributed by atoms with van der Waals surface area (Å²) in [6.45, 7) is 1.92. The maximum absolute atomic E-state index is 12.6. The number of nitrogens with zero attached hydrogens (tertiary/aromatic N) is 1. The maximum Gasteiger partial charge on any atom is 0.268 e. The molecular weight excluding hydrogens is 325 g/mol. The van der Waals surface area contributed by atoms with Crippen molar-refractivity contribution in [1.29, 1.82) is 0 Å². The van der Waals surface area contributed by atoms with Gasteiger partial charge in [-0.05, 0) is 66.9 Å². The molecule has 2 aromatic carbocycles. The Bertz CT molecular complexity index is 740. The van der Waals surface area contributed by atoms with Crippen molar-refractivity contribution in [3.63, 3.8) is 0 Å².